The van der Waals surface area contributed by atoms with Crippen LogP contribution in [0.5, 0.6) is 0 Å². The predicted molar refractivity (Wildman–Crippen MR) is 152 cm³/mol. The van der Waals surface area contributed by atoms with Gasteiger partial charge in [-0.05, 0) is 97.0 Å². The molecule has 0 bridgehead atoms. The van der Waals surface area contributed by atoms with E-state index >= 15 is 0 Å². The van der Waals surface area contributed by atoms with E-state index in [-0.39, 0.29) is 11.2 Å². The first-order chi connectivity index (χ1) is 18.0. The maximum atomic E-state index is 13.1. The summed E-state index contributed by atoms with van der Waals surface area (Å²) in [5.74, 6) is 1.44. The summed E-state index contributed by atoms with van der Waals surface area (Å²) >= 11 is 0. The van der Waals surface area contributed by atoms with Crippen LogP contribution in [0.4, 0.5) is 0 Å². The summed E-state index contributed by atoms with van der Waals surface area (Å²) in [5, 5.41) is 24.0. The fourth-order valence-corrected chi connectivity index (χ4v) is 8.68. The molecule has 7 heteroatoms. The zero-order valence-electron chi connectivity index (χ0n) is 23.0. The SMILES string of the molecule is C=C1C(=CC=C2CCC[C@]3(C)[C@@H]([C@H](C)CCS(=O)(=O)c4ccc(C=NOC)cc4)CC[C@@H]23)C[C@H](O)C[C@H]1O. The highest BCUT2D eigenvalue weighted by atomic mass is 32.2. The zero-order chi connectivity index (χ0) is 27.5. The molecule has 38 heavy (non-hydrogen) atoms. The van der Waals surface area contributed by atoms with Gasteiger partial charge in [-0.25, -0.2) is 8.42 Å². The lowest BCUT2D eigenvalue weighted by atomic mass is 9.61. The van der Waals surface area contributed by atoms with Crippen molar-refractivity contribution in [2.45, 2.75) is 82.3 Å². The number of rotatable bonds is 8. The Labute approximate surface area is 228 Å². The van der Waals surface area contributed by atoms with E-state index in [9.17, 15) is 18.6 Å². The molecule has 3 aliphatic rings. The number of hydrogen-bond acceptors (Lipinski definition) is 6. The molecule has 1 aromatic carbocycles. The lowest BCUT2D eigenvalue weighted by Gasteiger charge is -2.44. The van der Waals surface area contributed by atoms with Crippen molar-refractivity contribution in [3.8, 4) is 0 Å². The van der Waals surface area contributed by atoms with Crippen LogP contribution in [0.1, 0.15) is 70.8 Å². The average molecular weight is 542 g/mol. The zero-order valence-corrected chi connectivity index (χ0v) is 23.8. The molecule has 3 fully saturated rings. The molecule has 0 heterocycles. The maximum absolute atomic E-state index is 13.1. The number of aliphatic hydroxyl groups is 2. The van der Waals surface area contributed by atoms with Gasteiger partial charge in [0.25, 0.3) is 0 Å². The van der Waals surface area contributed by atoms with Crippen LogP contribution in [0.15, 0.2) is 69.8 Å². The van der Waals surface area contributed by atoms with Crippen molar-refractivity contribution in [3.05, 3.63) is 65.3 Å². The summed E-state index contributed by atoms with van der Waals surface area (Å²) < 4.78 is 26.2. The number of aliphatic hydroxyl groups excluding tert-OH is 2. The van der Waals surface area contributed by atoms with Crippen LogP contribution in [0, 0.1) is 23.2 Å². The normalized spacial score (nSPS) is 33.1. The maximum Gasteiger partial charge on any atom is 0.178 e. The van der Waals surface area contributed by atoms with Gasteiger partial charge in [-0.3, -0.25) is 0 Å². The van der Waals surface area contributed by atoms with Crippen molar-refractivity contribution in [1.29, 1.82) is 0 Å². The number of sulfone groups is 1. The Balaban J connectivity index is 1.42. The first kappa shape index (κ1) is 28.8. The molecular formula is C31H43NO5S. The minimum atomic E-state index is -3.36. The van der Waals surface area contributed by atoms with Crippen LogP contribution >= 0.6 is 0 Å². The van der Waals surface area contributed by atoms with Crippen LogP contribution in [0.3, 0.4) is 0 Å². The van der Waals surface area contributed by atoms with Crippen molar-refractivity contribution in [1.82, 2.24) is 0 Å². The highest BCUT2D eigenvalue weighted by molar-refractivity contribution is 7.91. The molecular weight excluding hydrogens is 498 g/mol. The smallest absolute Gasteiger partial charge is 0.178 e. The summed E-state index contributed by atoms with van der Waals surface area (Å²) in [7, 11) is -1.89. The van der Waals surface area contributed by atoms with Gasteiger partial charge in [0.15, 0.2) is 9.84 Å². The van der Waals surface area contributed by atoms with E-state index in [2.05, 4.69) is 42.6 Å². The highest BCUT2D eigenvalue weighted by Crippen LogP contribution is 2.59. The van der Waals surface area contributed by atoms with E-state index in [1.54, 1.807) is 30.5 Å². The van der Waals surface area contributed by atoms with Crippen LogP contribution in [0.2, 0.25) is 0 Å². The minimum Gasteiger partial charge on any atom is -0.399 e. The van der Waals surface area contributed by atoms with Gasteiger partial charge in [0.1, 0.15) is 7.11 Å². The largest absolute Gasteiger partial charge is 0.399 e. The topological polar surface area (TPSA) is 96.2 Å². The Morgan fingerprint density at radius 1 is 1.21 bits per heavy atom. The Morgan fingerprint density at radius 3 is 2.66 bits per heavy atom. The highest BCUT2D eigenvalue weighted by Gasteiger charge is 2.50. The Kier molecular flexibility index (Phi) is 9.00. The Morgan fingerprint density at radius 2 is 1.95 bits per heavy atom. The van der Waals surface area contributed by atoms with Gasteiger partial charge < -0.3 is 15.1 Å². The molecule has 3 saturated carbocycles. The molecule has 0 aliphatic heterocycles. The number of oxime groups is 1. The summed E-state index contributed by atoms with van der Waals surface area (Å²) in [6, 6.07) is 6.79. The van der Waals surface area contributed by atoms with Gasteiger partial charge in [-0.1, -0.05) is 55.4 Å². The van der Waals surface area contributed by atoms with E-state index in [0.29, 0.717) is 41.9 Å². The first-order valence-electron chi connectivity index (χ1n) is 13.9. The second-order valence-corrected chi connectivity index (χ2v) is 13.8. The fourth-order valence-electron chi connectivity index (χ4n) is 7.21. The Hall–Kier alpha value is -2.22. The number of allylic oxidation sites excluding steroid dienone is 3. The second-order valence-electron chi connectivity index (χ2n) is 11.7. The summed E-state index contributed by atoms with van der Waals surface area (Å²) in [5.41, 5.74) is 4.08. The number of benzene rings is 1. The van der Waals surface area contributed by atoms with Gasteiger partial charge in [-0.15, -0.1) is 0 Å². The van der Waals surface area contributed by atoms with Crippen molar-refractivity contribution in [3.63, 3.8) is 0 Å². The van der Waals surface area contributed by atoms with Crippen molar-refractivity contribution in [2.75, 3.05) is 12.9 Å². The van der Waals surface area contributed by atoms with Gasteiger partial charge >= 0.3 is 0 Å². The summed E-state index contributed by atoms with van der Waals surface area (Å²) in [6.45, 7) is 8.69. The van der Waals surface area contributed by atoms with E-state index in [4.69, 9.17) is 0 Å². The van der Waals surface area contributed by atoms with Crippen LogP contribution in [-0.4, -0.2) is 49.9 Å². The lowest BCUT2D eigenvalue weighted by Crippen LogP contribution is -2.36. The van der Waals surface area contributed by atoms with Crippen molar-refractivity contribution >= 4 is 16.1 Å². The van der Waals surface area contributed by atoms with E-state index < -0.39 is 22.0 Å². The Bertz CT molecular complexity index is 1200. The standard InChI is InChI=1S/C31H43NO5S/c1-21(15-17-38(35,36)27-11-7-23(8-12-27)20-32-37-4)28-13-14-29-24(6-5-16-31(28,29)3)9-10-25-18-26(33)19-30(34)22(25)2/h7-12,20-21,26,28-30,33-34H,2,5-6,13-19H2,1,3-4H3/t21-,26+,28-,29+,30-,31-/m1/s1. The number of nitrogens with zero attached hydrogens (tertiary/aromatic N) is 1. The molecule has 0 saturated heterocycles. The van der Waals surface area contributed by atoms with E-state index in [0.717, 1.165) is 42.4 Å². The van der Waals surface area contributed by atoms with Gasteiger partial charge in [0.2, 0.25) is 0 Å². The van der Waals surface area contributed by atoms with Crippen LogP contribution in [0.25, 0.3) is 0 Å². The predicted octanol–water partition coefficient (Wildman–Crippen LogP) is 5.61. The third-order valence-electron chi connectivity index (χ3n) is 9.38. The number of fused-ring (bicyclic) bond motifs is 1. The molecule has 3 aliphatic carbocycles. The molecule has 0 spiro atoms. The molecule has 0 unspecified atom stereocenters. The molecule has 0 aromatic heterocycles. The molecule has 6 nitrogen and oxygen atoms in total. The first-order valence-corrected chi connectivity index (χ1v) is 15.5. The molecule has 4 rings (SSSR count). The molecule has 0 amide bonds. The van der Waals surface area contributed by atoms with Crippen molar-refractivity contribution < 1.29 is 23.5 Å². The minimum absolute atomic E-state index is 0.151. The summed E-state index contributed by atoms with van der Waals surface area (Å²) in [6.07, 6.45) is 11.8. The molecule has 6 atom stereocenters. The lowest BCUT2D eigenvalue weighted by molar-refractivity contribution is 0.0861. The van der Waals surface area contributed by atoms with Gasteiger partial charge in [0.05, 0.1) is 29.1 Å². The molecule has 0 radical (unpaired) electrons. The average Bonchev–Trinajstić information content (AvgIpc) is 3.25. The van der Waals surface area contributed by atoms with Gasteiger partial charge in [-0.2, -0.15) is 0 Å². The van der Waals surface area contributed by atoms with Crippen LogP contribution < -0.4 is 0 Å². The molecule has 208 valence electrons. The third-order valence-corrected chi connectivity index (χ3v) is 11.1. The molecule has 1 aromatic rings. The van der Waals surface area contributed by atoms with E-state index in [1.807, 2.05) is 0 Å². The van der Waals surface area contributed by atoms with Crippen LogP contribution in [-0.2, 0) is 14.7 Å². The second kappa shape index (κ2) is 11.9. The quantitative estimate of drug-likeness (QED) is 0.330. The van der Waals surface area contributed by atoms with Crippen molar-refractivity contribution in [2.24, 2.45) is 28.3 Å². The summed E-state index contributed by atoms with van der Waals surface area (Å²) in [4.78, 5) is 5.04. The van der Waals surface area contributed by atoms with E-state index in [1.165, 1.54) is 19.1 Å². The van der Waals surface area contributed by atoms with Gasteiger partial charge in [0, 0.05) is 6.42 Å². The fraction of sp³-hybridized carbons (Fsp3) is 0.581. The number of hydrogen-bond donors (Lipinski definition) is 2. The monoisotopic (exact) mass is 541 g/mol. The third kappa shape index (κ3) is 6.16. The molecule has 2 N–H and O–H groups in total.